The number of carbonyl (C=O) groups excluding carboxylic acids is 1. The van der Waals surface area contributed by atoms with Crippen molar-refractivity contribution < 1.29 is 4.79 Å². The molecule has 3 N–H and O–H groups in total. The van der Waals surface area contributed by atoms with Crippen LogP contribution < -0.4 is 16.0 Å². The summed E-state index contributed by atoms with van der Waals surface area (Å²) in [5.41, 5.74) is 2.36. The molecule has 31 heavy (non-hydrogen) atoms. The Balaban J connectivity index is 1.11. The van der Waals surface area contributed by atoms with E-state index in [-0.39, 0.29) is 17.6 Å². The Morgan fingerprint density at radius 2 is 1.74 bits per heavy atom. The van der Waals surface area contributed by atoms with Crippen LogP contribution in [0.4, 0.5) is 0 Å². The van der Waals surface area contributed by atoms with Crippen molar-refractivity contribution in [3.05, 3.63) is 35.8 Å². The van der Waals surface area contributed by atoms with Gasteiger partial charge in [-0.1, -0.05) is 25.3 Å². The number of hydrogen-bond donors (Lipinski definition) is 3. The molecule has 7 aliphatic rings. The molecule has 2 heterocycles. The fourth-order valence-corrected chi connectivity index (χ4v) is 7.97. The van der Waals surface area contributed by atoms with Crippen molar-refractivity contribution >= 4 is 5.91 Å². The van der Waals surface area contributed by atoms with E-state index in [2.05, 4.69) is 39.2 Å². The maximum absolute atomic E-state index is 13.5. The third-order valence-corrected chi connectivity index (χ3v) is 8.92. The molecule has 7 rings (SSSR count). The molecule has 1 atom stereocenters. The third-order valence-electron chi connectivity index (χ3n) is 8.92. The Morgan fingerprint density at radius 3 is 2.45 bits per heavy atom. The summed E-state index contributed by atoms with van der Waals surface area (Å²) in [6.45, 7) is 1.89. The molecular weight excluding hydrogens is 384 g/mol. The van der Waals surface area contributed by atoms with Gasteiger partial charge in [-0.05, 0) is 93.7 Å². The quantitative estimate of drug-likeness (QED) is 0.610. The van der Waals surface area contributed by atoms with E-state index in [0.717, 1.165) is 48.2 Å². The van der Waals surface area contributed by atoms with Gasteiger partial charge in [0.05, 0.1) is 11.4 Å². The van der Waals surface area contributed by atoms with Crippen LogP contribution in [-0.2, 0) is 4.79 Å². The summed E-state index contributed by atoms with van der Waals surface area (Å²) in [7, 11) is 0. The first-order chi connectivity index (χ1) is 15.2. The van der Waals surface area contributed by atoms with E-state index >= 15 is 0 Å². The number of nitrogens with one attached hydrogen (secondary N) is 3. The highest BCUT2D eigenvalue weighted by atomic mass is 16.2. The highest BCUT2D eigenvalue weighted by Gasteiger charge is 2.52. The zero-order valence-electron chi connectivity index (χ0n) is 18.7. The average molecular weight is 423 g/mol. The van der Waals surface area contributed by atoms with E-state index in [1.165, 1.54) is 70.6 Å². The van der Waals surface area contributed by atoms with Crippen LogP contribution in [0.25, 0.3) is 0 Å². The van der Waals surface area contributed by atoms with Crippen molar-refractivity contribution in [2.75, 3.05) is 13.1 Å². The van der Waals surface area contributed by atoms with Gasteiger partial charge in [-0.25, -0.2) is 0 Å². The number of hydrogen-bond acceptors (Lipinski definition) is 4. The Kier molecular flexibility index (Phi) is 5.13. The summed E-state index contributed by atoms with van der Waals surface area (Å²) in [6.07, 6.45) is 22.7. The summed E-state index contributed by atoms with van der Waals surface area (Å²) in [6, 6.07) is 0. The molecule has 5 aliphatic carbocycles. The van der Waals surface area contributed by atoms with Crippen molar-refractivity contribution in [1.29, 1.82) is 0 Å². The van der Waals surface area contributed by atoms with Gasteiger partial charge in [-0.3, -0.25) is 4.79 Å². The molecule has 168 valence electrons. The molecule has 1 unspecified atom stereocenters. The van der Waals surface area contributed by atoms with Crippen LogP contribution in [0, 0.1) is 23.7 Å². The van der Waals surface area contributed by atoms with Gasteiger partial charge in [0.1, 0.15) is 0 Å². The second-order valence-corrected chi connectivity index (χ2v) is 11.3. The van der Waals surface area contributed by atoms with Gasteiger partial charge in [0.25, 0.3) is 5.91 Å². The van der Waals surface area contributed by atoms with Gasteiger partial charge in [0.2, 0.25) is 0 Å². The van der Waals surface area contributed by atoms with Crippen LogP contribution >= 0.6 is 0 Å². The van der Waals surface area contributed by atoms with Crippen molar-refractivity contribution in [2.45, 2.75) is 82.3 Å². The van der Waals surface area contributed by atoms with Crippen molar-refractivity contribution in [1.82, 2.24) is 20.9 Å². The number of allylic oxidation sites excluding steroid dienone is 3. The summed E-state index contributed by atoms with van der Waals surface area (Å²) < 4.78 is 0. The highest BCUT2D eigenvalue weighted by Crippen LogP contribution is 2.55. The molecule has 0 aromatic rings. The van der Waals surface area contributed by atoms with E-state index in [4.69, 9.17) is 0 Å². The zero-order chi connectivity index (χ0) is 20.8. The second-order valence-electron chi connectivity index (χ2n) is 11.3. The second kappa shape index (κ2) is 7.99. The zero-order valence-corrected chi connectivity index (χ0v) is 18.7. The van der Waals surface area contributed by atoms with Crippen LogP contribution in [0.3, 0.4) is 0 Å². The van der Waals surface area contributed by atoms with Crippen molar-refractivity contribution in [3.8, 4) is 0 Å². The van der Waals surface area contributed by atoms with Crippen molar-refractivity contribution in [2.24, 2.45) is 23.7 Å². The summed E-state index contributed by atoms with van der Waals surface area (Å²) in [5.74, 6) is 3.49. The first-order valence-corrected chi connectivity index (χ1v) is 12.8. The van der Waals surface area contributed by atoms with Gasteiger partial charge in [0.15, 0.2) is 6.17 Å². The fraction of sp³-hybridized carbons (Fsp3) is 0.731. The topological polar surface area (TPSA) is 56.4 Å². The number of amides is 1. The minimum Gasteiger partial charge on any atom is -0.358 e. The lowest BCUT2D eigenvalue weighted by molar-refractivity contribution is -0.131. The smallest absolute Gasteiger partial charge is 0.264 e. The van der Waals surface area contributed by atoms with E-state index in [0.29, 0.717) is 0 Å². The summed E-state index contributed by atoms with van der Waals surface area (Å²) in [4.78, 5) is 15.7. The Morgan fingerprint density at radius 1 is 1.03 bits per heavy atom. The standard InChI is InChI=1S/C26H38N4O/c31-25(29-26-13-19-10-20(14-26)12-21(11-19)15-26)24-28-22(23-8-4-5-9-30(23)24)17-27-16-18-6-2-1-3-7-18/h4-5,8-9,18-21,24,27-28H,1-3,6-7,10-17H2,(H,29,31). The summed E-state index contributed by atoms with van der Waals surface area (Å²) >= 11 is 0. The number of nitrogens with zero attached hydrogens (tertiary/aromatic N) is 1. The van der Waals surface area contributed by atoms with E-state index < -0.39 is 0 Å². The predicted molar refractivity (Wildman–Crippen MR) is 123 cm³/mol. The van der Waals surface area contributed by atoms with Gasteiger partial charge >= 0.3 is 0 Å². The maximum Gasteiger partial charge on any atom is 0.264 e. The normalized spacial score (nSPS) is 38.5. The Bertz CT molecular complexity index is 771. The maximum atomic E-state index is 13.5. The van der Waals surface area contributed by atoms with Gasteiger partial charge in [-0.2, -0.15) is 0 Å². The molecule has 5 heteroatoms. The molecule has 5 nitrogen and oxygen atoms in total. The minimum absolute atomic E-state index is 0.0605. The molecule has 5 fully saturated rings. The molecule has 0 aromatic heterocycles. The van der Waals surface area contributed by atoms with Crippen LogP contribution in [-0.4, -0.2) is 35.6 Å². The van der Waals surface area contributed by atoms with Gasteiger partial charge < -0.3 is 20.9 Å². The molecule has 2 aliphatic heterocycles. The largest absolute Gasteiger partial charge is 0.358 e. The van der Waals surface area contributed by atoms with E-state index in [9.17, 15) is 4.79 Å². The van der Waals surface area contributed by atoms with Gasteiger partial charge in [0, 0.05) is 18.3 Å². The lowest BCUT2D eigenvalue weighted by Gasteiger charge is -2.57. The number of rotatable bonds is 6. The molecule has 0 spiro atoms. The highest BCUT2D eigenvalue weighted by molar-refractivity contribution is 5.84. The van der Waals surface area contributed by atoms with Crippen LogP contribution in [0.1, 0.15) is 70.6 Å². The van der Waals surface area contributed by atoms with Crippen LogP contribution in [0.5, 0.6) is 0 Å². The number of carbonyl (C=O) groups is 1. The SMILES string of the molecule is O=C(NC12CC3CC(CC(C3)C1)C2)C1NC(CNCC2CCCCC2)=C2C=CC=CN21. The van der Waals surface area contributed by atoms with Crippen molar-refractivity contribution in [3.63, 3.8) is 0 Å². The van der Waals surface area contributed by atoms with E-state index in [1.807, 2.05) is 6.08 Å². The molecule has 5 saturated carbocycles. The first-order valence-electron chi connectivity index (χ1n) is 12.8. The average Bonchev–Trinajstić information content (AvgIpc) is 3.12. The Hall–Kier alpha value is -1.75. The molecule has 4 bridgehead atoms. The van der Waals surface area contributed by atoms with Crippen LogP contribution in [0.15, 0.2) is 35.8 Å². The molecule has 1 amide bonds. The summed E-state index contributed by atoms with van der Waals surface area (Å²) in [5, 5.41) is 10.8. The third kappa shape index (κ3) is 3.83. The Labute approximate surface area is 186 Å². The monoisotopic (exact) mass is 422 g/mol. The minimum atomic E-state index is -0.323. The van der Waals surface area contributed by atoms with Crippen LogP contribution in [0.2, 0.25) is 0 Å². The molecular formula is C26H38N4O. The molecule has 0 aromatic carbocycles. The lowest BCUT2D eigenvalue weighted by Crippen LogP contribution is -2.63. The first kappa shape index (κ1) is 19.9. The van der Waals surface area contributed by atoms with E-state index in [1.54, 1.807) is 0 Å². The predicted octanol–water partition coefficient (Wildman–Crippen LogP) is 3.77. The number of fused-ring (bicyclic) bond motifs is 1. The molecule has 0 radical (unpaired) electrons. The van der Waals surface area contributed by atoms with Gasteiger partial charge in [-0.15, -0.1) is 0 Å². The fourth-order valence-electron chi connectivity index (χ4n) is 7.97. The molecule has 0 saturated heterocycles. The lowest BCUT2D eigenvalue weighted by atomic mass is 9.53.